The molecule has 0 radical (unpaired) electrons. The van der Waals surface area contributed by atoms with Crippen LogP contribution in [0.3, 0.4) is 0 Å². The van der Waals surface area contributed by atoms with E-state index < -0.39 is 0 Å². The van der Waals surface area contributed by atoms with E-state index in [1.165, 1.54) is 0 Å². The maximum Gasteiger partial charge on any atom is 0.250 e. The van der Waals surface area contributed by atoms with Gasteiger partial charge in [-0.2, -0.15) is 10.2 Å². The molecule has 2 unspecified atom stereocenters. The highest BCUT2D eigenvalue weighted by atomic mass is 16.5. The number of nitrogens with zero attached hydrogens (tertiary/aromatic N) is 4. The molecule has 4 heterocycles. The highest BCUT2D eigenvalue weighted by Gasteiger charge is 2.36. The van der Waals surface area contributed by atoms with Crippen LogP contribution in [0.5, 0.6) is 5.75 Å². The lowest BCUT2D eigenvalue weighted by Gasteiger charge is -2.42. The minimum atomic E-state index is 0.0586. The molecule has 2 atom stereocenters. The lowest BCUT2D eigenvalue weighted by Crippen LogP contribution is -2.47. The van der Waals surface area contributed by atoms with Crippen molar-refractivity contribution in [1.82, 2.24) is 9.55 Å². The van der Waals surface area contributed by atoms with E-state index in [1.807, 2.05) is 41.0 Å². The summed E-state index contributed by atoms with van der Waals surface area (Å²) in [5.74, 6) is 2.18. The van der Waals surface area contributed by atoms with Gasteiger partial charge in [-0.05, 0) is 36.6 Å². The van der Waals surface area contributed by atoms with Crippen LogP contribution in [-0.4, -0.2) is 29.8 Å². The Morgan fingerprint density at radius 1 is 1.21 bits per heavy atom. The molecule has 7 heteroatoms. The lowest BCUT2D eigenvalue weighted by molar-refractivity contribution is 0.275. The van der Waals surface area contributed by atoms with E-state index in [2.05, 4.69) is 16.0 Å². The van der Waals surface area contributed by atoms with Gasteiger partial charge in [0, 0.05) is 42.9 Å². The zero-order valence-electron chi connectivity index (χ0n) is 16.0. The molecule has 3 aromatic rings. The molecule has 2 aliphatic heterocycles. The molecule has 0 N–H and O–H groups in total. The summed E-state index contributed by atoms with van der Waals surface area (Å²) in [6.45, 7) is 2.13. The number of hydrogen-bond acceptors (Lipinski definition) is 6. The first-order valence-corrected chi connectivity index (χ1v) is 9.66. The second-order valence-corrected chi connectivity index (χ2v) is 7.62. The van der Waals surface area contributed by atoms with Gasteiger partial charge >= 0.3 is 0 Å². The monoisotopic (exact) mass is 388 g/mol. The number of hydrogen-bond donors (Lipinski definition) is 0. The quantitative estimate of drug-likeness (QED) is 0.686. The number of aromatic nitrogens is 2. The van der Waals surface area contributed by atoms with Crippen molar-refractivity contribution >= 4 is 5.88 Å². The maximum absolute atomic E-state index is 12.2. The Morgan fingerprint density at radius 3 is 2.90 bits per heavy atom. The molecule has 29 heavy (non-hydrogen) atoms. The third-order valence-electron chi connectivity index (χ3n) is 5.80. The van der Waals surface area contributed by atoms with E-state index in [-0.39, 0.29) is 17.2 Å². The van der Waals surface area contributed by atoms with Crippen molar-refractivity contribution in [1.29, 1.82) is 5.26 Å². The van der Waals surface area contributed by atoms with Gasteiger partial charge in [0.15, 0.2) is 0 Å². The van der Waals surface area contributed by atoms with Crippen LogP contribution in [0.4, 0.5) is 5.88 Å². The van der Waals surface area contributed by atoms with Crippen molar-refractivity contribution < 1.29 is 9.15 Å². The van der Waals surface area contributed by atoms with Gasteiger partial charge in [-0.15, -0.1) is 0 Å². The predicted octanol–water partition coefficient (Wildman–Crippen LogP) is 3.01. The molecule has 5 rings (SSSR count). The van der Waals surface area contributed by atoms with Crippen LogP contribution >= 0.6 is 0 Å². The topological polar surface area (TPSA) is 84.3 Å². The smallest absolute Gasteiger partial charge is 0.250 e. The van der Waals surface area contributed by atoms with Gasteiger partial charge in [-0.25, -0.2) is 0 Å². The molecule has 146 valence electrons. The number of ether oxygens (including phenoxy) is 1. The largest absolute Gasteiger partial charge is 0.497 e. The maximum atomic E-state index is 12.2. The van der Waals surface area contributed by atoms with Gasteiger partial charge in [0.2, 0.25) is 17.5 Å². The summed E-state index contributed by atoms with van der Waals surface area (Å²) < 4.78 is 13.2. The zero-order chi connectivity index (χ0) is 20.0. The van der Waals surface area contributed by atoms with Crippen molar-refractivity contribution in [2.24, 2.45) is 5.92 Å². The minimum absolute atomic E-state index is 0.0586. The molecule has 2 bridgehead atoms. The Morgan fingerprint density at radius 2 is 2.07 bits per heavy atom. The Bertz CT molecular complexity index is 1170. The summed E-state index contributed by atoms with van der Waals surface area (Å²) in [6, 6.07) is 15.1. The summed E-state index contributed by atoms with van der Waals surface area (Å²) in [5, 5.41) is 9.64. The molecule has 2 aliphatic rings. The average Bonchev–Trinajstić information content (AvgIpc) is 3.19. The molecule has 2 aromatic heterocycles. The van der Waals surface area contributed by atoms with Crippen LogP contribution in [0.15, 0.2) is 51.7 Å². The molecule has 0 amide bonds. The summed E-state index contributed by atoms with van der Waals surface area (Å²) in [4.78, 5) is 18.8. The van der Waals surface area contributed by atoms with Crippen LogP contribution in [0, 0.1) is 17.2 Å². The fourth-order valence-corrected chi connectivity index (χ4v) is 4.54. The second-order valence-electron chi connectivity index (χ2n) is 7.62. The van der Waals surface area contributed by atoms with E-state index in [9.17, 15) is 10.1 Å². The highest BCUT2D eigenvalue weighted by Crippen LogP contribution is 2.39. The number of methoxy groups -OCH3 is 1. The summed E-state index contributed by atoms with van der Waals surface area (Å²) in [7, 11) is 1.61. The molecule has 1 fully saturated rings. The number of oxazole rings is 1. The number of anilines is 1. The molecule has 0 saturated carbocycles. The summed E-state index contributed by atoms with van der Waals surface area (Å²) in [6.07, 6.45) is 1.04. The first kappa shape index (κ1) is 17.6. The Kier molecular flexibility index (Phi) is 4.13. The molecule has 0 aliphatic carbocycles. The minimum Gasteiger partial charge on any atom is -0.497 e. The number of benzene rings is 1. The fourth-order valence-electron chi connectivity index (χ4n) is 4.54. The average molecular weight is 388 g/mol. The van der Waals surface area contributed by atoms with E-state index in [1.54, 1.807) is 13.2 Å². The zero-order valence-corrected chi connectivity index (χ0v) is 16.0. The summed E-state index contributed by atoms with van der Waals surface area (Å²) >= 11 is 0. The molecule has 7 nitrogen and oxygen atoms in total. The Labute approximate surface area is 167 Å². The summed E-state index contributed by atoms with van der Waals surface area (Å²) in [5.41, 5.74) is 2.17. The van der Waals surface area contributed by atoms with Crippen LogP contribution in [-0.2, 0) is 6.54 Å². The second kappa shape index (κ2) is 6.82. The van der Waals surface area contributed by atoms with Gasteiger partial charge in [0.05, 0.1) is 7.11 Å². The molecule has 0 spiro atoms. The van der Waals surface area contributed by atoms with E-state index in [4.69, 9.17) is 9.15 Å². The van der Waals surface area contributed by atoms with E-state index in [0.717, 1.165) is 24.2 Å². The fraction of sp³-hybridized carbons (Fsp3) is 0.318. The molecular formula is C22H20N4O3. The Balaban J connectivity index is 1.50. The van der Waals surface area contributed by atoms with Gasteiger partial charge < -0.3 is 18.6 Å². The van der Waals surface area contributed by atoms with Crippen molar-refractivity contribution in [2.45, 2.75) is 18.9 Å². The van der Waals surface area contributed by atoms with Crippen molar-refractivity contribution in [3.63, 3.8) is 0 Å². The number of nitriles is 1. The standard InChI is InChI=1S/C22H20N4O3/c1-28-17-5-2-4-15(9-17)21-24-18(10-23)22(29-21)25-11-14-8-16(13-25)19-6-3-7-20(27)26(19)12-14/h2-7,9,14,16H,8,11-13H2,1H3. The van der Waals surface area contributed by atoms with Gasteiger partial charge in [0.1, 0.15) is 11.8 Å². The number of fused-ring (bicyclic) bond motifs is 4. The van der Waals surface area contributed by atoms with Gasteiger partial charge in [-0.1, -0.05) is 12.1 Å². The van der Waals surface area contributed by atoms with Crippen LogP contribution in [0.1, 0.15) is 23.7 Å². The number of piperidine rings is 1. The predicted molar refractivity (Wildman–Crippen MR) is 107 cm³/mol. The lowest BCUT2D eigenvalue weighted by atomic mass is 9.83. The molecular weight excluding hydrogens is 368 g/mol. The normalized spacial score (nSPS) is 20.1. The first-order chi connectivity index (χ1) is 14.2. The van der Waals surface area contributed by atoms with E-state index >= 15 is 0 Å². The van der Waals surface area contributed by atoms with Crippen molar-refractivity contribution in [2.75, 3.05) is 25.1 Å². The van der Waals surface area contributed by atoms with Gasteiger partial charge in [0.25, 0.3) is 5.56 Å². The van der Waals surface area contributed by atoms with Crippen molar-refractivity contribution in [3.05, 3.63) is 64.2 Å². The van der Waals surface area contributed by atoms with Crippen LogP contribution in [0.2, 0.25) is 0 Å². The number of rotatable bonds is 3. The molecule has 1 saturated heterocycles. The first-order valence-electron chi connectivity index (χ1n) is 9.66. The Hall–Kier alpha value is -3.53. The van der Waals surface area contributed by atoms with Gasteiger partial charge in [-0.3, -0.25) is 4.79 Å². The third-order valence-corrected chi connectivity index (χ3v) is 5.80. The SMILES string of the molecule is COc1cccc(-c2nc(C#N)c(N3CC4CC(C3)c3cccc(=O)n3C4)o2)c1. The van der Waals surface area contributed by atoms with Crippen molar-refractivity contribution in [3.8, 4) is 23.3 Å². The molecule has 1 aromatic carbocycles. The van der Waals surface area contributed by atoms with Crippen LogP contribution < -0.4 is 15.2 Å². The van der Waals surface area contributed by atoms with E-state index in [0.29, 0.717) is 36.5 Å². The highest BCUT2D eigenvalue weighted by molar-refractivity contribution is 5.61. The third kappa shape index (κ3) is 2.97. The number of pyridine rings is 1. The van der Waals surface area contributed by atoms with Crippen LogP contribution in [0.25, 0.3) is 11.5 Å².